The predicted octanol–water partition coefficient (Wildman–Crippen LogP) is 1.48. The van der Waals surface area contributed by atoms with Crippen LogP contribution in [0.4, 0.5) is 0 Å². The van der Waals surface area contributed by atoms with Crippen molar-refractivity contribution in [1.82, 2.24) is 9.62 Å². The maximum atomic E-state index is 4.99. The van der Waals surface area contributed by atoms with Gasteiger partial charge in [0.25, 0.3) is 0 Å². The van der Waals surface area contributed by atoms with Crippen LogP contribution in [0.3, 0.4) is 0 Å². The first-order chi connectivity index (χ1) is 4.68. The summed E-state index contributed by atoms with van der Waals surface area (Å²) in [5.74, 6) is 1.11. The molecule has 0 saturated heterocycles. The molecule has 0 aromatic heterocycles. The highest BCUT2D eigenvalue weighted by Gasteiger charge is 1.94. The number of rotatable bonds is 3. The van der Waals surface area contributed by atoms with Crippen molar-refractivity contribution in [1.29, 1.82) is 0 Å². The quantitative estimate of drug-likeness (QED) is 0.400. The Hall–Kier alpha value is 0.0400. The third-order valence-corrected chi connectivity index (χ3v) is 2.42. The molecule has 0 bridgehead atoms. The van der Waals surface area contributed by atoms with Gasteiger partial charge in [-0.05, 0) is 18.6 Å². The molecule has 0 aliphatic heterocycles. The molecule has 10 heavy (non-hydrogen) atoms. The predicted molar refractivity (Wildman–Crippen MR) is 52.2 cm³/mol. The van der Waals surface area contributed by atoms with Gasteiger partial charge < -0.3 is 9.62 Å². The topological polar surface area (TPSA) is 15.3 Å². The van der Waals surface area contributed by atoms with Crippen molar-refractivity contribution >= 4 is 29.3 Å². The van der Waals surface area contributed by atoms with E-state index in [1.807, 2.05) is 19.0 Å². The normalized spacial score (nSPS) is 9.10. The Balaban J connectivity index is 3.22. The minimum atomic E-state index is 0.790. The van der Waals surface area contributed by atoms with Gasteiger partial charge in [-0.2, -0.15) is 0 Å². The molecule has 2 nitrogen and oxygen atoms in total. The summed E-state index contributed by atoms with van der Waals surface area (Å²) in [4.78, 5) is 1.89. The lowest BCUT2D eigenvalue weighted by molar-refractivity contribution is 0.623. The maximum Gasteiger partial charge on any atom is 0.178 e. The molecule has 1 N–H and O–H groups in total. The van der Waals surface area contributed by atoms with Crippen LogP contribution in [0.5, 0.6) is 0 Å². The summed E-state index contributed by atoms with van der Waals surface area (Å²) in [6.45, 7) is 2.15. The van der Waals surface area contributed by atoms with Gasteiger partial charge in [-0.25, -0.2) is 0 Å². The summed E-state index contributed by atoms with van der Waals surface area (Å²) in [6, 6.07) is 0. The van der Waals surface area contributed by atoms with E-state index in [0.717, 1.165) is 10.9 Å². The monoisotopic (exact) mass is 178 g/mol. The van der Waals surface area contributed by atoms with Crippen LogP contribution in [-0.2, 0) is 0 Å². The third-order valence-electron chi connectivity index (χ3n) is 0.872. The second kappa shape index (κ2) is 5.80. The zero-order valence-electron chi connectivity index (χ0n) is 6.68. The van der Waals surface area contributed by atoms with Crippen LogP contribution in [0, 0.1) is 0 Å². The van der Waals surface area contributed by atoms with E-state index in [-0.39, 0.29) is 0 Å². The van der Waals surface area contributed by atoms with E-state index in [1.165, 1.54) is 6.42 Å². The van der Waals surface area contributed by atoms with E-state index >= 15 is 0 Å². The van der Waals surface area contributed by atoms with Gasteiger partial charge in [-0.1, -0.05) is 18.9 Å². The van der Waals surface area contributed by atoms with Crippen molar-refractivity contribution in [3.8, 4) is 0 Å². The maximum absolute atomic E-state index is 4.99. The molecular weight excluding hydrogens is 164 g/mol. The van der Waals surface area contributed by atoms with Crippen molar-refractivity contribution in [3.05, 3.63) is 0 Å². The van der Waals surface area contributed by atoms with Gasteiger partial charge in [-0.15, -0.1) is 0 Å². The van der Waals surface area contributed by atoms with Crippen LogP contribution >= 0.6 is 24.2 Å². The molecule has 0 aromatic rings. The van der Waals surface area contributed by atoms with E-state index in [9.17, 15) is 0 Å². The molecule has 0 amide bonds. The molecule has 0 aliphatic rings. The number of thiocarbonyl (C=S) groups is 1. The number of hydrogen-bond acceptors (Lipinski definition) is 2. The highest BCUT2D eigenvalue weighted by Crippen LogP contribution is 1.96. The van der Waals surface area contributed by atoms with Gasteiger partial charge in [0.05, 0.1) is 0 Å². The molecule has 0 unspecified atom stereocenters. The SMILES string of the molecule is CCCSNC(=S)N(C)C. The molecule has 0 aromatic carbocycles. The lowest BCUT2D eigenvalue weighted by Crippen LogP contribution is -2.29. The van der Waals surface area contributed by atoms with E-state index in [0.29, 0.717) is 0 Å². The average molecular weight is 178 g/mol. The third kappa shape index (κ3) is 4.88. The summed E-state index contributed by atoms with van der Waals surface area (Å²) >= 11 is 6.64. The second-order valence-corrected chi connectivity index (χ2v) is 3.44. The fourth-order valence-corrected chi connectivity index (χ4v) is 1.10. The Morgan fingerprint density at radius 3 is 2.60 bits per heavy atom. The van der Waals surface area contributed by atoms with E-state index in [4.69, 9.17) is 12.2 Å². The van der Waals surface area contributed by atoms with Crippen molar-refractivity contribution in [3.63, 3.8) is 0 Å². The smallest absolute Gasteiger partial charge is 0.178 e. The first kappa shape index (κ1) is 10.0. The van der Waals surface area contributed by atoms with Crippen LogP contribution in [-0.4, -0.2) is 29.9 Å². The Kier molecular flexibility index (Phi) is 5.82. The Morgan fingerprint density at radius 1 is 1.60 bits per heavy atom. The molecule has 0 heterocycles. The second-order valence-electron chi connectivity index (χ2n) is 2.15. The molecular formula is C6H14N2S2. The summed E-state index contributed by atoms with van der Waals surface area (Å²) < 4.78 is 3.06. The minimum absolute atomic E-state index is 0.790. The summed E-state index contributed by atoms with van der Waals surface area (Å²) in [6.07, 6.45) is 1.17. The zero-order valence-corrected chi connectivity index (χ0v) is 8.31. The molecule has 0 fully saturated rings. The molecule has 0 atom stereocenters. The Labute approximate surface area is 72.5 Å². The van der Waals surface area contributed by atoms with Gasteiger partial charge in [-0.3, -0.25) is 0 Å². The number of hydrogen-bond donors (Lipinski definition) is 1. The van der Waals surface area contributed by atoms with Crippen LogP contribution in [0.15, 0.2) is 0 Å². The number of nitrogens with one attached hydrogen (secondary N) is 1. The number of nitrogens with zero attached hydrogens (tertiary/aromatic N) is 1. The van der Waals surface area contributed by atoms with Gasteiger partial charge >= 0.3 is 0 Å². The van der Waals surface area contributed by atoms with Gasteiger partial charge in [0.1, 0.15) is 0 Å². The van der Waals surface area contributed by atoms with Gasteiger partial charge in [0.15, 0.2) is 5.11 Å². The molecule has 0 aliphatic carbocycles. The molecule has 4 heteroatoms. The first-order valence-electron chi connectivity index (χ1n) is 3.27. The largest absolute Gasteiger partial charge is 0.355 e. The van der Waals surface area contributed by atoms with Crippen LogP contribution in [0.2, 0.25) is 0 Å². The summed E-state index contributed by atoms with van der Waals surface area (Å²) in [7, 11) is 3.86. The Bertz CT molecular complexity index is 104. The van der Waals surface area contributed by atoms with Crippen molar-refractivity contribution in [2.45, 2.75) is 13.3 Å². The van der Waals surface area contributed by atoms with Crippen LogP contribution in [0.25, 0.3) is 0 Å². The van der Waals surface area contributed by atoms with Crippen LogP contribution in [0.1, 0.15) is 13.3 Å². The van der Waals surface area contributed by atoms with Crippen LogP contribution < -0.4 is 4.72 Å². The van der Waals surface area contributed by atoms with Gasteiger partial charge in [0.2, 0.25) is 0 Å². The standard InChI is InChI=1S/C6H14N2S2/c1-4-5-10-7-6(9)8(2)3/h4-5H2,1-3H3,(H,7,9). The van der Waals surface area contributed by atoms with E-state index in [1.54, 1.807) is 11.9 Å². The van der Waals surface area contributed by atoms with Crippen molar-refractivity contribution in [2.24, 2.45) is 0 Å². The average Bonchev–Trinajstić information content (AvgIpc) is 1.88. The highest BCUT2D eigenvalue weighted by molar-refractivity contribution is 7.98. The van der Waals surface area contributed by atoms with E-state index < -0.39 is 0 Å². The summed E-state index contributed by atoms with van der Waals surface area (Å²) in [5.41, 5.74) is 0. The van der Waals surface area contributed by atoms with Gasteiger partial charge in [0, 0.05) is 19.8 Å². The fraction of sp³-hybridized carbons (Fsp3) is 0.833. The highest BCUT2D eigenvalue weighted by atomic mass is 32.2. The lowest BCUT2D eigenvalue weighted by Gasteiger charge is -2.13. The summed E-state index contributed by atoms with van der Waals surface area (Å²) in [5, 5.41) is 0.790. The van der Waals surface area contributed by atoms with Crippen molar-refractivity contribution < 1.29 is 0 Å². The molecule has 60 valence electrons. The van der Waals surface area contributed by atoms with E-state index in [2.05, 4.69) is 11.6 Å². The molecule has 0 rings (SSSR count). The van der Waals surface area contributed by atoms with Crippen molar-refractivity contribution in [2.75, 3.05) is 19.8 Å². The minimum Gasteiger partial charge on any atom is -0.355 e. The first-order valence-corrected chi connectivity index (χ1v) is 4.67. The zero-order chi connectivity index (χ0) is 7.98. The lowest BCUT2D eigenvalue weighted by atomic mass is 10.6. The molecule has 0 radical (unpaired) electrons. The fourth-order valence-electron chi connectivity index (χ4n) is 0.306. The Morgan fingerprint density at radius 2 is 2.20 bits per heavy atom. The molecule has 0 saturated carbocycles. The molecule has 0 spiro atoms.